The fourth-order valence-electron chi connectivity index (χ4n) is 3.69. The van der Waals surface area contributed by atoms with Gasteiger partial charge in [0.15, 0.2) is 0 Å². The van der Waals surface area contributed by atoms with Crippen molar-refractivity contribution < 1.29 is 15.0 Å². The summed E-state index contributed by atoms with van der Waals surface area (Å²) in [6.07, 6.45) is 0. The molecule has 0 radical (unpaired) electrons. The predicted molar refractivity (Wildman–Crippen MR) is 104 cm³/mol. The van der Waals surface area contributed by atoms with Crippen molar-refractivity contribution in [1.82, 2.24) is 15.0 Å². The van der Waals surface area contributed by atoms with E-state index >= 15 is 0 Å². The number of aliphatic hydroxyl groups is 1. The van der Waals surface area contributed by atoms with Crippen LogP contribution >= 0.6 is 0 Å². The number of aryl methyl sites for hydroxylation is 3. The second-order valence-electron chi connectivity index (χ2n) is 7.00. The highest BCUT2D eigenvalue weighted by atomic mass is 16.4. The van der Waals surface area contributed by atoms with Gasteiger partial charge >= 0.3 is 5.97 Å². The van der Waals surface area contributed by atoms with Gasteiger partial charge in [-0.25, -0.2) is 4.68 Å². The fraction of sp³-hybridized carbons (Fsp3) is 0.381. The molecule has 1 aromatic heterocycles. The van der Waals surface area contributed by atoms with Crippen molar-refractivity contribution in [1.29, 1.82) is 0 Å². The van der Waals surface area contributed by atoms with Gasteiger partial charge in [-0.05, 0) is 54.7 Å². The van der Waals surface area contributed by atoms with Crippen molar-refractivity contribution in [3.05, 3.63) is 58.1 Å². The van der Waals surface area contributed by atoms with E-state index < -0.39 is 11.9 Å². The van der Waals surface area contributed by atoms with Crippen LogP contribution in [0.4, 0.5) is 0 Å². The van der Waals surface area contributed by atoms with Crippen LogP contribution in [0.2, 0.25) is 0 Å². The van der Waals surface area contributed by atoms with E-state index in [0.717, 1.165) is 45.4 Å². The number of hydrogen-bond acceptors (Lipinski definition) is 4. The molecule has 0 fully saturated rings. The molecule has 0 spiro atoms. The van der Waals surface area contributed by atoms with E-state index in [2.05, 4.69) is 10.3 Å². The second kappa shape index (κ2) is 7.48. The third kappa shape index (κ3) is 3.32. The Morgan fingerprint density at radius 3 is 2.59 bits per heavy atom. The number of rotatable bonds is 6. The van der Waals surface area contributed by atoms with E-state index in [-0.39, 0.29) is 12.5 Å². The monoisotopic (exact) mass is 367 g/mol. The molecule has 0 aliphatic rings. The lowest BCUT2D eigenvalue weighted by atomic mass is 9.79. The van der Waals surface area contributed by atoms with Gasteiger partial charge in [0.2, 0.25) is 0 Å². The first-order chi connectivity index (χ1) is 12.9. The predicted octanol–water partition coefficient (Wildman–Crippen LogP) is 3.41. The van der Waals surface area contributed by atoms with Crippen LogP contribution in [0, 0.1) is 19.8 Å². The van der Waals surface area contributed by atoms with Crippen molar-refractivity contribution in [3.8, 4) is 0 Å². The molecular formula is C21H25N3O3. The van der Waals surface area contributed by atoms with Gasteiger partial charge in [0.25, 0.3) is 0 Å². The molecule has 0 unspecified atom stereocenters. The van der Waals surface area contributed by atoms with Crippen molar-refractivity contribution in [2.24, 2.45) is 5.92 Å². The number of aromatic nitrogens is 3. The fourth-order valence-corrected chi connectivity index (χ4v) is 3.69. The standard InChI is InChI=1S/C21H25N3O3/c1-5-24-18-9-8-17(13(3)20(18)22-23-24)19(14(4)21(26)27)15-7-6-12(2)16(10-15)11-25/h6-10,14,19,25H,5,11H2,1-4H3,(H,26,27)/t14-,19-/m1/s1. The number of hydrogen-bond donors (Lipinski definition) is 2. The summed E-state index contributed by atoms with van der Waals surface area (Å²) in [4.78, 5) is 11.9. The first kappa shape index (κ1) is 19.0. The van der Waals surface area contributed by atoms with Gasteiger partial charge in [-0.3, -0.25) is 4.79 Å². The number of carboxylic acids is 1. The van der Waals surface area contributed by atoms with Crippen LogP contribution in [0.1, 0.15) is 47.6 Å². The van der Waals surface area contributed by atoms with E-state index in [1.807, 2.05) is 55.8 Å². The highest BCUT2D eigenvalue weighted by Gasteiger charge is 2.29. The second-order valence-corrected chi connectivity index (χ2v) is 7.00. The third-order valence-electron chi connectivity index (χ3n) is 5.41. The number of carbonyl (C=O) groups is 1. The van der Waals surface area contributed by atoms with Gasteiger partial charge in [0.1, 0.15) is 5.52 Å². The summed E-state index contributed by atoms with van der Waals surface area (Å²) in [6, 6.07) is 9.74. The zero-order valence-electron chi connectivity index (χ0n) is 16.1. The van der Waals surface area contributed by atoms with Crippen molar-refractivity contribution in [3.63, 3.8) is 0 Å². The third-order valence-corrected chi connectivity index (χ3v) is 5.41. The highest BCUT2D eigenvalue weighted by molar-refractivity contribution is 5.80. The molecule has 142 valence electrons. The molecule has 0 saturated carbocycles. The molecule has 0 bridgehead atoms. The van der Waals surface area contributed by atoms with Gasteiger partial charge in [0.05, 0.1) is 18.0 Å². The van der Waals surface area contributed by atoms with E-state index in [4.69, 9.17) is 0 Å². The normalized spacial score (nSPS) is 13.7. The Kier molecular flexibility index (Phi) is 5.28. The van der Waals surface area contributed by atoms with Crippen molar-refractivity contribution in [2.75, 3.05) is 0 Å². The van der Waals surface area contributed by atoms with Crippen LogP contribution in [0.25, 0.3) is 11.0 Å². The maximum atomic E-state index is 11.9. The maximum absolute atomic E-state index is 11.9. The maximum Gasteiger partial charge on any atom is 0.307 e. The van der Waals surface area contributed by atoms with E-state index in [1.165, 1.54) is 0 Å². The van der Waals surface area contributed by atoms with Gasteiger partial charge in [-0.1, -0.05) is 36.4 Å². The zero-order chi connectivity index (χ0) is 19.7. The molecule has 2 aromatic carbocycles. The smallest absolute Gasteiger partial charge is 0.307 e. The van der Waals surface area contributed by atoms with Crippen molar-refractivity contribution in [2.45, 2.75) is 46.8 Å². The first-order valence-corrected chi connectivity index (χ1v) is 9.14. The number of aliphatic hydroxyl groups excluding tert-OH is 1. The van der Waals surface area contributed by atoms with Crippen LogP contribution in [0.3, 0.4) is 0 Å². The molecule has 6 heteroatoms. The first-order valence-electron chi connectivity index (χ1n) is 9.14. The van der Waals surface area contributed by atoms with Crippen LogP contribution in [0.5, 0.6) is 0 Å². The average Bonchev–Trinajstić information content (AvgIpc) is 3.08. The number of fused-ring (bicyclic) bond motifs is 1. The molecule has 2 atom stereocenters. The Morgan fingerprint density at radius 2 is 1.96 bits per heavy atom. The van der Waals surface area contributed by atoms with E-state index in [1.54, 1.807) is 6.92 Å². The minimum atomic E-state index is -0.858. The van der Waals surface area contributed by atoms with Gasteiger partial charge in [0, 0.05) is 12.5 Å². The van der Waals surface area contributed by atoms with Gasteiger partial charge < -0.3 is 10.2 Å². The Balaban J connectivity index is 2.21. The summed E-state index contributed by atoms with van der Waals surface area (Å²) in [7, 11) is 0. The Bertz CT molecular complexity index is 994. The molecule has 27 heavy (non-hydrogen) atoms. The average molecular weight is 367 g/mol. The number of nitrogens with zero attached hydrogens (tertiary/aromatic N) is 3. The summed E-state index contributed by atoms with van der Waals surface area (Å²) in [5, 5.41) is 27.8. The number of aliphatic carboxylic acids is 1. The molecular weight excluding hydrogens is 342 g/mol. The Morgan fingerprint density at radius 1 is 1.22 bits per heavy atom. The number of benzene rings is 2. The summed E-state index contributed by atoms with van der Waals surface area (Å²) < 4.78 is 1.83. The van der Waals surface area contributed by atoms with Crippen LogP contribution in [-0.4, -0.2) is 31.2 Å². The molecule has 2 N–H and O–H groups in total. The van der Waals surface area contributed by atoms with Crippen molar-refractivity contribution >= 4 is 17.0 Å². The lowest BCUT2D eigenvalue weighted by molar-refractivity contribution is -0.141. The zero-order valence-corrected chi connectivity index (χ0v) is 16.1. The lowest BCUT2D eigenvalue weighted by Crippen LogP contribution is -2.21. The van der Waals surface area contributed by atoms with Crippen LogP contribution < -0.4 is 0 Å². The molecule has 0 saturated heterocycles. The minimum absolute atomic E-state index is 0.0727. The minimum Gasteiger partial charge on any atom is -0.481 e. The topological polar surface area (TPSA) is 88.2 Å². The molecule has 3 aromatic rings. The molecule has 6 nitrogen and oxygen atoms in total. The van der Waals surface area contributed by atoms with E-state index in [0.29, 0.717) is 0 Å². The quantitative estimate of drug-likeness (QED) is 0.697. The summed E-state index contributed by atoms with van der Waals surface area (Å²) in [5.74, 6) is -1.83. The van der Waals surface area contributed by atoms with Crippen LogP contribution in [0.15, 0.2) is 30.3 Å². The highest BCUT2D eigenvalue weighted by Crippen LogP contribution is 2.37. The Hall–Kier alpha value is -2.73. The van der Waals surface area contributed by atoms with Crippen LogP contribution in [-0.2, 0) is 17.9 Å². The van der Waals surface area contributed by atoms with Gasteiger partial charge in [-0.15, -0.1) is 5.10 Å². The molecule has 3 rings (SSSR count). The summed E-state index contributed by atoms with van der Waals surface area (Å²) >= 11 is 0. The molecule has 0 amide bonds. The number of carboxylic acid groups (broad SMARTS) is 1. The van der Waals surface area contributed by atoms with Gasteiger partial charge in [-0.2, -0.15) is 0 Å². The molecule has 0 aliphatic carbocycles. The lowest BCUT2D eigenvalue weighted by Gasteiger charge is -2.25. The molecule has 1 heterocycles. The van der Waals surface area contributed by atoms with E-state index in [9.17, 15) is 15.0 Å². The Labute approximate surface area is 158 Å². The molecule has 0 aliphatic heterocycles. The SMILES string of the molecule is CCn1nnc2c(C)c([C@@H](c3ccc(C)c(CO)c3)[C@@H](C)C(=O)O)ccc21. The summed E-state index contributed by atoms with van der Waals surface area (Å²) in [6.45, 7) is 8.28. The summed E-state index contributed by atoms with van der Waals surface area (Å²) in [5.41, 5.74) is 6.29. The largest absolute Gasteiger partial charge is 0.481 e.